The van der Waals surface area contributed by atoms with Crippen molar-refractivity contribution in [2.75, 3.05) is 20.3 Å². The first-order valence-electron chi connectivity index (χ1n) is 6.02. The van der Waals surface area contributed by atoms with E-state index in [0.717, 1.165) is 0 Å². The summed E-state index contributed by atoms with van der Waals surface area (Å²) >= 11 is 0. The first-order chi connectivity index (χ1) is 8.43. The second-order valence-corrected chi connectivity index (χ2v) is 4.44. The number of ether oxygens (including phenoxy) is 1. The Balaban J connectivity index is 2.21. The van der Waals surface area contributed by atoms with Gasteiger partial charge in [0.2, 0.25) is 5.91 Å². The van der Waals surface area contributed by atoms with E-state index in [1.807, 2.05) is 0 Å². The van der Waals surface area contributed by atoms with Crippen molar-refractivity contribution in [2.24, 2.45) is 0 Å². The third-order valence-electron chi connectivity index (χ3n) is 2.93. The van der Waals surface area contributed by atoms with Gasteiger partial charge >= 0.3 is 6.18 Å². The van der Waals surface area contributed by atoms with E-state index in [2.05, 4.69) is 10.6 Å². The molecule has 2 atom stereocenters. The number of carbonyl (C=O) groups is 1. The Hall–Kier alpha value is -0.820. The fourth-order valence-electron chi connectivity index (χ4n) is 1.94. The van der Waals surface area contributed by atoms with E-state index in [1.165, 1.54) is 0 Å². The number of hydrogen-bond donors (Lipinski definition) is 2. The number of hydrogen-bond acceptors (Lipinski definition) is 3. The molecule has 0 radical (unpaired) electrons. The van der Waals surface area contributed by atoms with Gasteiger partial charge in [-0.05, 0) is 19.3 Å². The summed E-state index contributed by atoms with van der Waals surface area (Å²) in [7, 11) is 1.56. The summed E-state index contributed by atoms with van der Waals surface area (Å²) in [5, 5.41) is 5.14. The quantitative estimate of drug-likeness (QED) is 0.737. The Morgan fingerprint density at radius 3 is 2.67 bits per heavy atom. The van der Waals surface area contributed by atoms with Gasteiger partial charge in [0.25, 0.3) is 0 Å². The van der Waals surface area contributed by atoms with Gasteiger partial charge < -0.3 is 15.4 Å². The van der Waals surface area contributed by atoms with Gasteiger partial charge in [0, 0.05) is 32.7 Å². The van der Waals surface area contributed by atoms with Gasteiger partial charge in [-0.3, -0.25) is 4.79 Å². The molecule has 1 amide bonds. The molecule has 4 nitrogen and oxygen atoms in total. The maximum Gasteiger partial charge on any atom is 0.403 e. The normalized spacial score (nSPS) is 24.9. The molecule has 0 aliphatic carbocycles. The maximum absolute atomic E-state index is 12.4. The summed E-state index contributed by atoms with van der Waals surface area (Å²) in [6.07, 6.45) is -2.88. The van der Waals surface area contributed by atoms with Crippen LogP contribution in [0.25, 0.3) is 0 Å². The molecule has 1 heterocycles. The summed E-state index contributed by atoms with van der Waals surface area (Å²) in [6, 6.07) is -1.65. The standard InChI is InChI=1S/C11H19F3N2O2/c1-18-6-2-3-10(17)16-8-4-5-9(15-7-8)11(12,13)14/h8-9,15H,2-7H2,1H3,(H,16,17). The highest BCUT2D eigenvalue weighted by atomic mass is 19.4. The van der Waals surface area contributed by atoms with Crippen LogP contribution in [0.2, 0.25) is 0 Å². The Labute approximate surface area is 104 Å². The number of rotatable bonds is 5. The Bertz CT molecular complexity index is 264. The van der Waals surface area contributed by atoms with Crippen molar-refractivity contribution in [3.8, 4) is 0 Å². The second kappa shape index (κ2) is 6.94. The molecule has 1 aliphatic rings. The molecule has 1 rings (SSSR count). The lowest BCUT2D eigenvalue weighted by atomic mass is 10.0. The molecule has 0 saturated carbocycles. The van der Waals surface area contributed by atoms with Crippen molar-refractivity contribution in [1.29, 1.82) is 0 Å². The average Bonchev–Trinajstić information content (AvgIpc) is 2.29. The minimum absolute atomic E-state index is 0.00647. The topological polar surface area (TPSA) is 50.4 Å². The largest absolute Gasteiger partial charge is 0.403 e. The third-order valence-corrected chi connectivity index (χ3v) is 2.93. The molecule has 0 aromatic rings. The van der Waals surface area contributed by atoms with E-state index in [9.17, 15) is 18.0 Å². The number of amides is 1. The molecule has 2 unspecified atom stereocenters. The first kappa shape index (κ1) is 15.2. The van der Waals surface area contributed by atoms with E-state index < -0.39 is 12.2 Å². The minimum Gasteiger partial charge on any atom is -0.385 e. The van der Waals surface area contributed by atoms with Crippen molar-refractivity contribution in [1.82, 2.24) is 10.6 Å². The van der Waals surface area contributed by atoms with Crippen molar-refractivity contribution in [3.63, 3.8) is 0 Å². The zero-order valence-corrected chi connectivity index (χ0v) is 10.3. The summed E-state index contributed by atoms with van der Waals surface area (Å²) in [6.45, 7) is 0.673. The Morgan fingerprint density at radius 1 is 1.44 bits per heavy atom. The van der Waals surface area contributed by atoms with Crippen LogP contribution >= 0.6 is 0 Å². The first-order valence-corrected chi connectivity index (χ1v) is 6.02. The molecular formula is C11H19F3N2O2. The lowest BCUT2D eigenvalue weighted by Gasteiger charge is -2.31. The Morgan fingerprint density at radius 2 is 2.17 bits per heavy atom. The van der Waals surface area contributed by atoms with E-state index >= 15 is 0 Å². The highest BCUT2D eigenvalue weighted by molar-refractivity contribution is 5.76. The number of carbonyl (C=O) groups excluding carboxylic acids is 1. The summed E-state index contributed by atoms with van der Waals surface area (Å²) in [5.74, 6) is -0.135. The summed E-state index contributed by atoms with van der Waals surface area (Å²) < 4.78 is 41.9. The van der Waals surface area contributed by atoms with Gasteiger partial charge in [0.15, 0.2) is 0 Å². The lowest BCUT2D eigenvalue weighted by molar-refractivity contribution is -0.161. The fraction of sp³-hybridized carbons (Fsp3) is 0.909. The van der Waals surface area contributed by atoms with Gasteiger partial charge in [-0.15, -0.1) is 0 Å². The third kappa shape index (κ3) is 5.22. The van der Waals surface area contributed by atoms with Crippen LogP contribution in [0.15, 0.2) is 0 Å². The van der Waals surface area contributed by atoms with Gasteiger partial charge in [-0.2, -0.15) is 13.2 Å². The van der Waals surface area contributed by atoms with Crippen molar-refractivity contribution in [3.05, 3.63) is 0 Å². The van der Waals surface area contributed by atoms with Crippen LogP contribution in [-0.4, -0.2) is 44.4 Å². The van der Waals surface area contributed by atoms with E-state index in [4.69, 9.17) is 4.74 Å². The van der Waals surface area contributed by atoms with Crippen LogP contribution in [0, 0.1) is 0 Å². The van der Waals surface area contributed by atoms with Crippen molar-refractivity contribution in [2.45, 2.75) is 43.9 Å². The predicted octanol–water partition coefficient (Wildman–Crippen LogP) is 1.21. The molecule has 1 aliphatic heterocycles. The number of nitrogens with one attached hydrogen (secondary N) is 2. The number of methoxy groups -OCH3 is 1. The molecular weight excluding hydrogens is 249 g/mol. The highest BCUT2D eigenvalue weighted by Gasteiger charge is 2.41. The SMILES string of the molecule is COCCCC(=O)NC1CCC(C(F)(F)F)NC1. The molecule has 0 aromatic carbocycles. The molecule has 18 heavy (non-hydrogen) atoms. The maximum atomic E-state index is 12.4. The number of piperidine rings is 1. The molecule has 0 spiro atoms. The van der Waals surface area contributed by atoms with Crippen LogP contribution in [0.1, 0.15) is 25.7 Å². The molecule has 7 heteroatoms. The highest BCUT2D eigenvalue weighted by Crippen LogP contribution is 2.26. The molecule has 0 aromatic heterocycles. The number of halogens is 3. The zero-order valence-electron chi connectivity index (χ0n) is 10.3. The predicted molar refractivity (Wildman–Crippen MR) is 60.1 cm³/mol. The van der Waals surface area contributed by atoms with E-state index in [0.29, 0.717) is 25.9 Å². The second-order valence-electron chi connectivity index (χ2n) is 4.44. The Kier molecular flexibility index (Phi) is 5.87. The molecule has 106 valence electrons. The molecule has 1 saturated heterocycles. The van der Waals surface area contributed by atoms with Crippen LogP contribution in [0.5, 0.6) is 0 Å². The van der Waals surface area contributed by atoms with Gasteiger partial charge in [0.05, 0.1) is 0 Å². The van der Waals surface area contributed by atoms with Gasteiger partial charge in [-0.1, -0.05) is 0 Å². The minimum atomic E-state index is -4.20. The lowest BCUT2D eigenvalue weighted by Crippen LogP contribution is -2.54. The van der Waals surface area contributed by atoms with E-state index in [1.54, 1.807) is 7.11 Å². The van der Waals surface area contributed by atoms with Crippen LogP contribution < -0.4 is 10.6 Å². The average molecular weight is 268 g/mol. The van der Waals surface area contributed by atoms with Crippen LogP contribution in [0.3, 0.4) is 0 Å². The molecule has 1 fully saturated rings. The monoisotopic (exact) mass is 268 g/mol. The van der Waals surface area contributed by atoms with Gasteiger partial charge in [0.1, 0.15) is 6.04 Å². The van der Waals surface area contributed by atoms with Crippen LogP contribution in [0.4, 0.5) is 13.2 Å². The van der Waals surface area contributed by atoms with Crippen molar-refractivity contribution >= 4 is 5.91 Å². The van der Waals surface area contributed by atoms with Gasteiger partial charge in [-0.25, -0.2) is 0 Å². The van der Waals surface area contributed by atoms with Crippen LogP contribution in [-0.2, 0) is 9.53 Å². The van der Waals surface area contributed by atoms with Crippen molar-refractivity contribution < 1.29 is 22.7 Å². The number of alkyl halides is 3. The summed E-state index contributed by atoms with van der Waals surface area (Å²) in [5.41, 5.74) is 0. The zero-order chi connectivity index (χ0) is 13.6. The summed E-state index contributed by atoms with van der Waals surface area (Å²) in [4.78, 5) is 11.4. The molecule has 2 N–H and O–H groups in total. The fourth-order valence-corrected chi connectivity index (χ4v) is 1.94. The smallest absolute Gasteiger partial charge is 0.385 e. The molecule has 0 bridgehead atoms. The van der Waals surface area contributed by atoms with E-state index in [-0.39, 0.29) is 24.9 Å².